The van der Waals surface area contributed by atoms with Crippen LogP contribution in [0.15, 0.2) is 12.2 Å². The van der Waals surface area contributed by atoms with E-state index >= 15 is 0 Å². The predicted octanol–water partition coefficient (Wildman–Crippen LogP) is 2.99. The molecule has 0 atom stereocenters. The molecule has 0 aliphatic heterocycles. The molecule has 0 unspecified atom stereocenters. The van der Waals surface area contributed by atoms with Crippen molar-refractivity contribution in [2.45, 2.75) is 45.4 Å². The molecule has 1 aliphatic rings. The van der Waals surface area contributed by atoms with Gasteiger partial charge in [0.1, 0.15) is 0 Å². The molecule has 1 N–H and O–H groups in total. The molecule has 0 saturated heterocycles. The highest BCUT2D eigenvalue weighted by Crippen LogP contribution is 2.40. The highest BCUT2D eigenvalue weighted by Gasteiger charge is 2.27. The fourth-order valence-corrected chi connectivity index (χ4v) is 2.14. The first-order valence-corrected chi connectivity index (χ1v) is 5.11. The van der Waals surface area contributed by atoms with Crippen molar-refractivity contribution in [2.24, 2.45) is 5.41 Å². The molecule has 1 fully saturated rings. The lowest BCUT2D eigenvalue weighted by molar-refractivity contribution is -0.131. The second-order valence-electron chi connectivity index (χ2n) is 3.95. The third kappa shape index (κ3) is 2.87. The number of carboxylic acid groups (broad SMARTS) is 1. The zero-order valence-corrected chi connectivity index (χ0v) is 8.25. The Morgan fingerprint density at radius 2 is 2.00 bits per heavy atom. The molecule has 13 heavy (non-hydrogen) atoms. The topological polar surface area (TPSA) is 37.3 Å². The van der Waals surface area contributed by atoms with Gasteiger partial charge in [-0.05, 0) is 24.7 Å². The molecule has 0 aromatic rings. The van der Waals surface area contributed by atoms with E-state index in [1.54, 1.807) is 0 Å². The predicted molar refractivity (Wildman–Crippen MR) is 52.6 cm³/mol. The minimum absolute atomic E-state index is 0.191. The second-order valence-corrected chi connectivity index (χ2v) is 3.95. The molecule has 1 aliphatic carbocycles. The summed E-state index contributed by atoms with van der Waals surface area (Å²) in [5, 5.41) is 8.57. The normalized spacial score (nSPS) is 21.9. The van der Waals surface area contributed by atoms with Crippen molar-refractivity contribution < 1.29 is 9.90 Å². The molecular formula is C11H18O2. The van der Waals surface area contributed by atoms with Crippen molar-refractivity contribution in [2.75, 3.05) is 0 Å². The molecule has 2 nitrogen and oxygen atoms in total. The van der Waals surface area contributed by atoms with Gasteiger partial charge in [-0.3, -0.25) is 0 Å². The summed E-state index contributed by atoms with van der Waals surface area (Å²) < 4.78 is 0. The first kappa shape index (κ1) is 10.3. The van der Waals surface area contributed by atoms with Crippen molar-refractivity contribution in [3.05, 3.63) is 12.2 Å². The van der Waals surface area contributed by atoms with Crippen LogP contribution in [-0.2, 0) is 4.79 Å². The number of aliphatic carboxylic acids is 1. The molecule has 2 heteroatoms. The SMILES string of the molecule is CCC1(C=CC(=O)O)CCCCC1. The molecule has 0 amide bonds. The van der Waals surface area contributed by atoms with E-state index in [2.05, 4.69) is 6.92 Å². The average molecular weight is 182 g/mol. The third-order valence-corrected chi connectivity index (χ3v) is 3.13. The molecule has 0 radical (unpaired) electrons. The molecule has 0 bridgehead atoms. The average Bonchev–Trinajstić information content (AvgIpc) is 2.16. The molecule has 0 aromatic carbocycles. The van der Waals surface area contributed by atoms with E-state index in [9.17, 15) is 4.79 Å². The van der Waals surface area contributed by atoms with E-state index in [4.69, 9.17) is 5.11 Å². The van der Waals surface area contributed by atoms with Crippen LogP contribution in [0.3, 0.4) is 0 Å². The maximum Gasteiger partial charge on any atom is 0.327 e. The zero-order valence-electron chi connectivity index (χ0n) is 8.25. The molecular weight excluding hydrogens is 164 g/mol. The van der Waals surface area contributed by atoms with Crippen LogP contribution in [0.2, 0.25) is 0 Å². The van der Waals surface area contributed by atoms with Gasteiger partial charge in [-0.1, -0.05) is 32.3 Å². The zero-order chi connectivity index (χ0) is 9.73. The van der Waals surface area contributed by atoms with E-state index in [1.165, 1.54) is 25.3 Å². The minimum Gasteiger partial charge on any atom is -0.478 e. The lowest BCUT2D eigenvalue weighted by Gasteiger charge is -2.33. The molecule has 0 heterocycles. The Bertz CT molecular complexity index is 200. The summed E-state index contributed by atoms with van der Waals surface area (Å²) in [5.74, 6) is -0.821. The summed E-state index contributed by atoms with van der Waals surface area (Å²) in [6.07, 6.45) is 10.4. The maximum absolute atomic E-state index is 10.4. The van der Waals surface area contributed by atoms with Crippen LogP contribution < -0.4 is 0 Å². The number of carbonyl (C=O) groups is 1. The van der Waals surface area contributed by atoms with Crippen LogP contribution >= 0.6 is 0 Å². The van der Waals surface area contributed by atoms with Crippen LogP contribution in [-0.4, -0.2) is 11.1 Å². The van der Waals surface area contributed by atoms with Gasteiger partial charge in [-0.15, -0.1) is 0 Å². The highest BCUT2D eigenvalue weighted by molar-refractivity contribution is 5.79. The molecule has 74 valence electrons. The number of rotatable bonds is 3. The van der Waals surface area contributed by atoms with E-state index < -0.39 is 5.97 Å². The van der Waals surface area contributed by atoms with E-state index in [-0.39, 0.29) is 5.41 Å². The Morgan fingerprint density at radius 1 is 1.38 bits per heavy atom. The van der Waals surface area contributed by atoms with Crippen LogP contribution in [0.25, 0.3) is 0 Å². The fraction of sp³-hybridized carbons (Fsp3) is 0.727. The van der Waals surface area contributed by atoms with Gasteiger partial charge in [-0.2, -0.15) is 0 Å². The Labute approximate surface area is 79.6 Å². The van der Waals surface area contributed by atoms with Gasteiger partial charge in [0, 0.05) is 6.08 Å². The smallest absolute Gasteiger partial charge is 0.327 e. The first-order valence-electron chi connectivity index (χ1n) is 5.11. The van der Waals surface area contributed by atoms with Gasteiger partial charge < -0.3 is 5.11 Å². The quantitative estimate of drug-likeness (QED) is 0.681. The van der Waals surface area contributed by atoms with E-state index in [0.717, 1.165) is 19.3 Å². The van der Waals surface area contributed by atoms with Crippen molar-refractivity contribution in [3.8, 4) is 0 Å². The van der Waals surface area contributed by atoms with Crippen LogP contribution in [0, 0.1) is 5.41 Å². The summed E-state index contributed by atoms with van der Waals surface area (Å²) in [6.45, 7) is 2.15. The largest absolute Gasteiger partial charge is 0.478 e. The first-order chi connectivity index (χ1) is 6.18. The van der Waals surface area contributed by atoms with Gasteiger partial charge in [0.2, 0.25) is 0 Å². The molecule has 1 saturated carbocycles. The van der Waals surface area contributed by atoms with Crippen LogP contribution in [0.4, 0.5) is 0 Å². The maximum atomic E-state index is 10.4. The third-order valence-electron chi connectivity index (χ3n) is 3.13. The highest BCUT2D eigenvalue weighted by atomic mass is 16.4. The van der Waals surface area contributed by atoms with Crippen LogP contribution in [0.1, 0.15) is 45.4 Å². The van der Waals surface area contributed by atoms with Crippen molar-refractivity contribution in [3.63, 3.8) is 0 Å². The fourth-order valence-electron chi connectivity index (χ4n) is 2.14. The summed E-state index contributed by atoms with van der Waals surface area (Å²) in [5.41, 5.74) is 0.191. The van der Waals surface area contributed by atoms with Gasteiger partial charge in [0.25, 0.3) is 0 Å². The summed E-state index contributed by atoms with van der Waals surface area (Å²) >= 11 is 0. The summed E-state index contributed by atoms with van der Waals surface area (Å²) in [7, 11) is 0. The minimum atomic E-state index is -0.821. The second kappa shape index (κ2) is 4.45. The number of hydrogen-bond donors (Lipinski definition) is 1. The standard InChI is InChI=1S/C11H18O2/c1-2-11(9-6-10(12)13)7-4-3-5-8-11/h6,9H,2-5,7-8H2,1H3,(H,12,13). The Hall–Kier alpha value is -0.790. The Balaban J connectivity index is 2.62. The number of hydrogen-bond acceptors (Lipinski definition) is 1. The van der Waals surface area contributed by atoms with Crippen molar-refractivity contribution >= 4 is 5.97 Å². The Morgan fingerprint density at radius 3 is 2.46 bits per heavy atom. The molecule has 0 spiro atoms. The van der Waals surface area contributed by atoms with Crippen LogP contribution in [0.5, 0.6) is 0 Å². The number of allylic oxidation sites excluding steroid dienone is 1. The van der Waals surface area contributed by atoms with E-state index in [0.29, 0.717) is 0 Å². The molecule has 0 aromatic heterocycles. The molecule has 1 rings (SSSR count). The lowest BCUT2D eigenvalue weighted by Crippen LogP contribution is -2.20. The monoisotopic (exact) mass is 182 g/mol. The van der Waals surface area contributed by atoms with Gasteiger partial charge in [-0.25, -0.2) is 4.79 Å². The lowest BCUT2D eigenvalue weighted by atomic mass is 9.72. The van der Waals surface area contributed by atoms with Gasteiger partial charge in [0.05, 0.1) is 0 Å². The van der Waals surface area contributed by atoms with Crippen molar-refractivity contribution in [1.29, 1.82) is 0 Å². The van der Waals surface area contributed by atoms with Gasteiger partial charge >= 0.3 is 5.97 Å². The van der Waals surface area contributed by atoms with Crippen molar-refractivity contribution in [1.82, 2.24) is 0 Å². The Kier molecular flexibility index (Phi) is 3.52. The summed E-state index contributed by atoms with van der Waals surface area (Å²) in [6, 6.07) is 0. The summed E-state index contributed by atoms with van der Waals surface area (Å²) in [4.78, 5) is 10.4. The van der Waals surface area contributed by atoms with Gasteiger partial charge in [0.15, 0.2) is 0 Å². The number of carboxylic acids is 1. The van der Waals surface area contributed by atoms with E-state index in [1.807, 2.05) is 6.08 Å².